The Hall–Kier alpha value is -3.24. The summed E-state index contributed by atoms with van der Waals surface area (Å²) in [4.78, 5) is 14.5. The van der Waals surface area contributed by atoms with E-state index in [1.54, 1.807) is 17.0 Å². The van der Waals surface area contributed by atoms with E-state index in [4.69, 9.17) is 4.63 Å². The maximum atomic E-state index is 13.2. The Bertz CT molecular complexity index is 1270. The molecule has 0 unspecified atom stereocenters. The average Bonchev–Trinajstić information content (AvgIpc) is 3.48. The first-order valence-electron chi connectivity index (χ1n) is 9.95. The summed E-state index contributed by atoms with van der Waals surface area (Å²) in [6, 6.07) is 14.3. The second-order valence-corrected chi connectivity index (χ2v) is 9.71. The van der Waals surface area contributed by atoms with Gasteiger partial charge in [0, 0.05) is 26.2 Å². The van der Waals surface area contributed by atoms with Crippen LogP contribution in [-0.2, 0) is 10.0 Å². The van der Waals surface area contributed by atoms with Crippen LogP contribution in [0.3, 0.4) is 0 Å². The number of carbonyl (C=O) groups excluding carboxylic acids is 1. The van der Waals surface area contributed by atoms with E-state index in [1.807, 2.05) is 37.3 Å². The number of aromatic nitrogens is 2. The SMILES string of the molecule is C[C@@H](NC(=O)N1CC2=C(C1)CN(S(=O)(=O)c1cccc3nonc13)C2)c1ccccc1. The molecule has 0 spiro atoms. The first kappa shape index (κ1) is 19.7. The van der Waals surface area contributed by atoms with Crippen LogP contribution in [0.1, 0.15) is 18.5 Å². The topological polar surface area (TPSA) is 109 Å². The number of hydrogen-bond donors (Lipinski definition) is 1. The molecule has 31 heavy (non-hydrogen) atoms. The zero-order valence-electron chi connectivity index (χ0n) is 16.9. The summed E-state index contributed by atoms with van der Waals surface area (Å²) in [5.74, 6) is 0. The fourth-order valence-corrected chi connectivity index (χ4v) is 5.66. The van der Waals surface area contributed by atoms with Crippen molar-refractivity contribution in [1.82, 2.24) is 24.8 Å². The summed E-state index contributed by atoms with van der Waals surface area (Å²) in [5, 5.41) is 10.5. The summed E-state index contributed by atoms with van der Waals surface area (Å²) in [6.45, 7) is 3.31. The molecular formula is C21H21N5O4S. The Morgan fingerprint density at radius 3 is 2.42 bits per heavy atom. The summed E-state index contributed by atoms with van der Waals surface area (Å²) in [6.07, 6.45) is 0. The zero-order chi connectivity index (χ0) is 21.6. The van der Waals surface area contributed by atoms with E-state index in [2.05, 4.69) is 15.6 Å². The van der Waals surface area contributed by atoms with E-state index in [0.29, 0.717) is 18.6 Å². The number of sulfonamides is 1. The minimum Gasteiger partial charge on any atom is -0.331 e. The summed E-state index contributed by atoms with van der Waals surface area (Å²) in [7, 11) is -3.76. The predicted octanol–water partition coefficient (Wildman–Crippen LogP) is 2.31. The molecule has 1 atom stereocenters. The van der Waals surface area contributed by atoms with Gasteiger partial charge in [0.25, 0.3) is 0 Å². The van der Waals surface area contributed by atoms with Gasteiger partial charge in [-0.05, 0) is 46.1 Å². The lowest BCUT2D eigenvalue weighted by Gasteiger charge is -2.24. The standard InChI is InChI=1S/C21H21N5O4S/c1-14(15-6-3-2-4-7-15)22-21(27)25-10-16-12-26(13-17(16)11-25)31(28,29)19-9-5-8-18-20(19)24-30-23-18/h2-9,14H,10-13H2,1H3,(H,22,27)/t14-/m1/s1. The minimum absolute atomic E-state index is 0.0821. The molecule has 1 aromatic heterocycles. The van der Waals surface area contributed by atoms with Crippen molar-refractivity contribution in [1.29, 1.82) is 0 Å². The van der Waals surface area contributed by atoms with Crippen LogP contribution in [0, 0.1) is 0 Å². The van der Waals surface area contributed by atoms with Crippen LogP contribution in [0.2, 0.25) is 0 Å². The van der Waals surface area contributed by atoms with E-state index >= 15 is 0 Å². The highest BCUT2D eigenvalue weighted by Crippen LogP contribution is 2.32. The molecule has 0 fully saturated rings. The van der Waals surface area contributed by atoms with Gasteiger partial charge in [0.15, 0.2) is 5.52 Å². The van der Waals surface area contributed by atoms with Crippen LogP contribution in [0.25, 0.3) is 11.0 Å². The Morgan fingerprint density at radius 2 is 1.71 bits per heavy atom. The van der Waals surface area contributed by atoms with Crippen LogP contribution < -0.4 is 5.32 Å². The van der Waals surface area contributed by atoms with E-state index in [9.17, 15) is 13.2 Å². The van der Waals surface area contributed by atoms with Gasteiger partial charge in [0.2, 0.25) is 10.0 Å². The van der Waals surface area contributed by atoms with Crippen molar-refractivity contribution >= 4 is 27.1 Å². The van der Waals surface area contributed by atoms with Gasteiger partial charge in [-0.15, -0.1) is 0 Å². The van der Waals surface area contributed by atoms with Gasteiger partial charge in [0.1, 0.15) is 10.4 Å². The largest absolute Gasteiger partial charge is 0.331 e. The van der Waals surface area contributed by atoms with Crippen molar-refractivity contribution in [2.45, 2.75) is 17.9 Å². The molecule has 0 saturated heterocycles. The van der Waals surface area contributed by atoms with E-state index < -0.39 is 10.0 Å². The molecule has 2 aliphatic heterocycles. The third-order valence-corrected chi connectivity index (χ3v) is 7.61. The van der Waals surface area contributed by atoms with Crippen molar-refractivity contribution in [3.63, 3.8) is 0 Å². The van der Waals surface area contributed by atoms with Gasteiger partial charge in [-0.1, -0.05) is 36.4 Å². The molecule has 0 bridgehead atoms. The lowest BCUT2D eigenvalue weighted by atomic mass is 10.1. The summed E-state index contributed by atoms with van der Waals surface area (Å²) in [5.41, 5.74) is 3.60. The second-order valence-electron chi connectivity index (χ2n) is 7.81. The maximum Gasteiger partial charge on any atom is 0.318 e. The van der Waals surface area contributed by atoms with Crippen LogP contribution in [0.4, 0.5) is 4.79 Å². The van der Waals surface area contributed by atoms with Crippen molar-refractivity contribution in [3.05, 3.63) is 65.2 Å². The minimum atomic E-state index is -3.76. The fraction of sp³-hybridized carbons (Fsp3) is 0.286. The molecular weight excluding hydrogens is 418 g/mol. The first-order chi connectivity index (χ1) is 14.9. The molecule has 3 heterocycles. The van der Waals surface area contributed by atoms with Gasteiger partial charge >= 0.3 is 6.03 Å². The molecule has 10 heteroatoms. The van der Waals surface area contributed by atoms with E-state index in [-0.39, 0.29) is 35.6 Å². The third kappa shape index (κ3) is 3.47. The Kier molecular flexibility index (Phi) is 4.75. The number of fused-ring (bicyclic) bond motifs is 1. The van der Waals surface area contributed by atoms with Gasteiger partial charge in [-0.25, -0.2) is 17.8 Å². The normalized spacial score (nSPS) is 17.9. The number of benzene rings is 2. The van der Waals surface area contributed by atoms with Gasteiger partial charge in [0.05, 0.1) is 6.04 Å². The first-order valence-corrected chi connectivity index (χ1v) is 11.4. The third-order valence-electron chi connectivity index (χ3n) is 5.79. The van der Waals surface area contributed by atoms with Crippen molar-refractivity contribution in [2.24, 2.45) is 0 Å². The molecule has 2 aromatic carbocycles. The fourth-order valence-electron chi connectivity index (χ4n) is 4.09. The van der Waals surface area contributed by atoms with Crippen LogP contribution >= 0.6 is 0 Å². The number of nitrogens with one attached hydrogen (secondary N) is 1. The van der Waals surface area contributed by atoms with Crippen LogP contribution in [-0.4, -0.2) is 60.1 Å². The molecule has 3 aromatic rings. The quantitative estimate of drug-likeness (QED) is 0.625. The van der Waals surface area contributed by atoms with Crippen LogP contribution in [0.5, 0.6) is 0 Å². The molecule has 9 nitrogen and oxygen atoms in total. The van der Waals surface area contributed by atoms with Crippen LogP contribution in [0.15, 0.2) is 69.2 Å². The van der Waals surface area contributed by atoms with Gasteiger partial charge in [-0.2, -0.15) is 4.31 Å². The number of carbonyl (C=O) groups is 1. The highest BCUT2D eigenvalue weighted by Gasteiger charge is 2.38. The molecule has 0 radical (unpaired) electrons. The number of nitrogens with zero attached hydrogens (tertiary/aromatic N) is 4. The van der Waals surface area contributed by atoms with Crippen molar-refractivity contribution in [2.75, 3.05) is 26.2 Å². The number of hydrogen-bond acceptors (Lipinski definition) is 6. The number of rotatable bonds is 4. The summed E-state index contributed by atoms with van der Waals surface area (Å²) < 4.78 is 32.5. The maximum absolute atomic E-state index is 13.2. The Labute approximate surface area is 179 Å². The smallest absolute Gasteiger partial charge is 0.318 e. The summed E-state index contributed by atoms with van der Waals surface area (Å²) >= 11 is 0. The zero-order valence-corrected chi connectivity index (χ0v) is 17.7. The molecule has 1 N–H and O–H groups in total. The Balaban J connectivity index is 1.25. The van der Waals surface area contributed by atoms with E-state index in [1.165, 1.54) is 10.4 Å². The molecule has 2 amide bonds. The number of amides is 2. The van der Waals surface area contributed by atoms with Crippen molar-refractivity contribution < 1.29 is 17.8 Å². The molecule has 0 aliphatic carbocycles. The highest BCUT2D eigenvalue weighted by atomic mass is 32.2. The average molecular weight is 439 g/mol. The lowest BCUT2D eigenvalue weighted by Crippen LogP contribution is -2.42. The predicted molar refractivity (Wildman–Crippen MR) is 113 cm³/mol. The molecule has 0 saturated carbocycles. The van der Waals surface area contributed by atoms with Gasteiger partial charge in [-0.3, -0.25) is 0 Å². The van der Waals surface area contributed by atoms with Crippen molar-refractivity contribution in [3.8, 4) is 0 Å². The number of urea groups is 1. The molecule has 2 aliphatic rings. The Morgan fingerprint density at radius 1 is 1.00 bits per heavy atom. The lowest BCUT2D eigenvalue weighted by molar-refractivity contribution is 0.205. The van der Waals surface area contributed by atoms with E-state index in [0.717, 1.165) is 16.7 Å². The molecule has 160 valence electrons. The second kappa shape index (κ2) is 7.47. The van der Waals surface area contributed by atoms with Gasteiger partial charge < -0.3 is 10.2 Å². The molecule has 5 rings (SSSR count). The monoisotopic (exact) mass is 439 g/mol. The highest BCUT2D eigenvalue weighted by molar-refractivity contribution is 7.89.